The standard InChI is InChI=1S/C16H27NO3/c18-15(13-8-3-9-14(11-13)16(19)20)17-10-4-7-12-5-1-2-6-12/h12-14H,1-11H2,(H,17,18)(H,19,20). The second-order valence-electron chi connectivity index (χ2n) is 6.48. The van der Waals surface area contributed by atoms with Gasteiger partial charge in [-0.25, -0.2) is 0 Å². The molecule has 4 heteroatoms. The maximum Gasteiger partial charge on any atom is 0.306 e. The maximum absolute atomic E-state index is 12.1. The second kappa shape index (κ2) is 7.65. The third-order valence-corrected chi connectivity index (χ3v) is 4.96. The van der Waals surface area contributed by atoms with Crippen molar-refractivity contribution in [1.29, 1.82) is 0 Å². The third kappa shape index (κ3) is 4.50. The predicted molar refractivity (Wildman–Crippen MR) is 77.3 cm³/mol. The zero-order chi connectivity index (χ0) is 14.4. The molecule has 1 amide bonds. The Kier molecular flexibility index (Phi) is 5.86. The summed E-state index contributed by atoms with van der Waals surface area (Å²) in [6.45, 7) is 0.754. The molecule has 4 nitrogen and oxygen atoms in total. The van der Waals surface area contributed by atoms with E-state index in [-0.39, 0.29) is 17.7 Å². The zero-order valence-electron chi connectivity index (χ0n) is 12.3. The highest BCUT2D eigenvalue weighted by Crippen LogP contribution is 2.30. The Morgan fingerprint density at radius 2 is 1.70 bits per heavy atom. The zero-order valence-corrected chi connectivity index (χ0v) is 12.3. The predicted octanol–water partition coefficient (Wildman–Crippen LogP) is 2.96. The summed E-state index contributed by atoms with van der Waals surface area (Å²) in [5, 5.41) is 12.0. The van der Waals surface area contributed by atoms with Gasteiger partial charge in [0.05, 0.1) is 5.92 Å². The van der Waals surface area contributed by atoms with Crippen LogP contribution in [-0.4, -0.2) is 23.5 Å². The van der Waals surface area contributed by atoms with Gasteiger partial charge in [0.15, 0.2) is 0 Å². The van der Waals surface area contributed by atoms with E-state index in [0.717, 1.165) is 38.1 Å². The molecular formula is C16H27NO3. The van der Waals surface area contributed by atoms with E-state index in [0.29, 0.717) is 6.42 Å². The normalized spacial score (nSPS) is 27.4. The number of hydrogen-bond acceptors (Lipinski definition) is 2. The molecule has 0 aromatic rings. The largest absolute Gasteiger partial charge is 0.481 e. The number of hydrogen-bond donors (Lipinski definition) is 2. The molecule has 114 valence electrons. The van der Waals surface area contributed by atoms with Crippen LogP contribution in [0, 0.1) is 17.8 Å². The lowest BCUT2D eigenvalue weighted by Gasteiger charge is -2.25. The minimum Gasteiger partial charge on any atom is -0.481 e. The molecule has 0 radical (unpaired) electrons. The Morgan fingerprint density at radius 1 is 1.00 bits per heavy atom. The van der Waals surface area contributed by atoms with Gasteiger partial charge in [0.25, 0.3) is 0 Å². The Hall–Kier alpha value is -1.06. The van der Waals surface area contributed by atoms with E-state index >= 15 is 0 Å². The molecule has 0 saturated heterocycles. The molecule has 0 spiro atoms. The van der Waals surface area contributed by atoms with Crippen LogP contribution in [0.3, 0.4) is 0 Å². The molecule has 2 rings (SSSR count). The molecule has 2 saturated carbocycles. The van der Waals surface area contributed by atoms with Crippen LogP contribution in [0.25, 0.3) is 0 Å². The number of amides is 1. The molecule has 2 fully saturated rings. The summed E-state index contributed by atoms with van der Waals surface area (Å²) in [6, 6.07) is 0. The molecule has 20 heavy (non-hydrogen) atoms. The number of carboxylic acid groups (broad SMARTS) is 1. The van der Waals surface area contributed by atoms with Crippen LogP contribution >= 0.6 is 0 Å². The first kappa shape index (κ1) is 15.3. The van der Waals surface area contributed by atoms with Crippen LogP contribution in [0.4, 0.5) is 0 Å². The average Bonchev–Trinajstić information content (AvgIpc) is 2.96. The first-order valence-electron chi connectivity index (χ1n) is 8.17. The molecule has 0 aromatic heterocycles. The van der Waals surface area contributed by atoms with Crippen molar-refractivity contribution in [3.05, 3.63) is 0 Å². The van der Waals surface area contributed by atoms with Crippen LogP contribution in [-0.2, 0) is 9.59 Å². The SMILES string of the molecule is O=C(O)C1CCCC(C(=O)NCCCC2CCCC2)C1. The average molecular weight is 281 g/mol. The second-order valence-corrected chi connectivity index (χ2v) is 6.48. The summed E-state index contributed by atoms with van der Waals surface area (Å²) >= 11 is 0. The lowest BCUT2D eigenvalue weighted by atomic mass is 9.81. The van der Waals surface area contributed by atoms with E-state index < -0.39 is 5.97 Å². The lowest BCUT2D eigenvalue weighted by molar-refractivity contribution is -0.144. The van der Waals surface area contributed by atoms with Crippen LogP contribution in [0.5, 0.6) is 0 Å². The Bertz CT molecular complexity index is 337. The fraction of sp³-hybridized carbons (Fsp3) is 0.875. The highest BCUT2D eigenvalue weighted by Gasteiger charge is 2.30. The number of carboxylic acids is 1. The molecule has 2 aliphatic carbocycles. The molecule has 2 aliphatic rings. The van der Waals surface area contributed by atoms with Gasteiger partial charge in [-0.3, -0.25) is 9.59 Å². The molecular weight excluding hydrogens is 254 g/mol. The van der Waals surface area contributed by atoms with E-state index in [1.54, 1.807) is 0 Å². The molecule has 0 aliphatic heterocycles. The van der Waals surface area contributed by atoms with Crippen LogP contribution in [0.15, 0.2) is 0 Å². The maximum atomic E-state index is 12.1. The van der Waals surface area contributed by atoms with Crippen LogP contribution in [0.2, 0.25) is 0 Å². The van der Waals surface area contributed by atoms with E-state index in [1.807, 2.05) is 0 Å². The first-order chi connectivity index (χ1) is 9.66. The van der Waals surface area contributed by atoms with Gasteiger partial charge in [-0.05, 0) is 38.0 Å². The van der Waals surface area contributed by atoms with Crippen molar-refractivity contribution in [1.82, 2.24) is 5.32 Å². The Morgan fingerprint density at radius 3 is 2.40 bits per heavy atom. The molecule has 2 unspecified atom stereocenters. The topological polar surface area (TPSA) is 66.4 Å². The number of nitrogens with one attached hydrogen (secondary N) is 1. The van der Waals surface area contributed by atoms with E-state index in [4.69, 9.17) is 5.11 Å². The van der Waals surface area contributed by atoms with Crippen molar-refractivity contribution >= 4 is 11.9 Å². The van der Waals surface area contributed by atoms with E-state index in [2.05, 4.69) is 5.32 Å². The summed E-state index contributed by atoms with van der Waals surface area (Å²) < 4.78 is 0. The van der Waals surface area contributed by atoms with Crippen LogP contribution in [0.1, 0.15) is 64.2 Å². The monoisotopic (exact) mass is 281 g/mol. The molecule has 0 aromatic carbocycles. The summed E-state index contributed by atoms with van der Waals surface area (Å²) in [5.74, 6) is -0.210. The highest BCUT2D eigenvalue weighted by molar-refractivity contribution is 5.80. The van der Waals surface area contributed by atoms with Crippen molar-refractivity contribution in [2.24, 2.45) is 17.8 Å². The number of carbonyl (C=O) groups is 2. The van der Waals surface area contributed by atoms with Gasteiger partial charge in [0, 0.05) is 12.5 Å². The third-order valence-electron chi connectivity index (χ3n) is 4.96. The van der Waals surface area contributed by atoms with Gasteiger partial charge in [-0.1, -0.05) is 32.1 Å². The quantitative estimate of drug-likeness (QED) is 0.736. The van der Waals surface area contributed by atoms with E-state index in [1.165, 1.54) is 32.1 Å². The van der Waals surface area contributed by atoms with Crippen molar-refractivity contribution in [3.63, 3.8) is 0 Å². The van der Waals surface area contributed by atoms with Crippen LogP contribution < -0.4 is 5.32 Å². The minimum atomic E-state index is -0.747. The number of carbonyl (C=O) groups excluding carboxylic acids is 1. The first-order valence-corrected chi connectivity index (χ1v) is 8.17. The highest BCUT2D eigenvalue weighted by atomic mass is 16.4. The van der Waals surface area contributed by atoms with Crippen molar-refractivity contribution in [2.75, 3.05) is 6.54 Å². The summed E-state index contributed by atoms with van der Waals surface area (Å²) in [6.07, 6.45) is 10.7. The Labute approximate surface area is 121 Å². The van der Waals surface area contributed by atoms with Gasteiger partial charge in [0.2, 0.25) is 5.91 Å². The number of aliphatic carboxylic acids is 1. The fourth-order valence-corrected chi connectivity index (χ4v) is 3.70. The molecule has 2 atom stereocenters. The fourth-order valence-electron chi connectivity index (χ4n) is 3.70. The number of rotatable bonds is 6. The van der Waals surface area contributed by atoms with Crippen molar-refractivity contribution < 1.29 is 14.7 Å². The Balaban J connectivity index is 1.62. The molecule has 0 bridgehead atoms. The summed E-state index contributed by atoms with van der Waals surface area (Å²) in [5.41, 5.74) is 0. The lowest BCUT2D eigenvalue weighted by Crippen LogP contribution is -2.35. The van der Waals surface area contributed by atoms with Gasteiger partial charge in [-0.2, -0.15) is 0 Å². The van der Waals surface area contributed by atoms with Gasteiger partial charge in [0.1, 0.15) is 0 Å². The summed E-state index contributed by atoms with van der Waals surface area (Å²) in [4.78, 5) is 23.1. The van der Waals surface area contributed by atoms with Gasteiger partial charge < -0.3 is 10.4 Å². The van der Waals surface area contributed by atoms with Gasteiger partial charge >= 0.3 is 5.97 Å². The van der Waals surface area contributed by atoms with E-state index in [9.17, 15) is 9.59 Å². The van der Waals surface area contributed by atoms with Gasteiger partial charge in [-0.15, -0.1) is 0 Å². The minimum absolute atomic E-state index is 0.0716. The summed E-state index contributed by atoms with van der Waals surface area (Å²) in [7, 11) is 0. The van der Waals surface area contributed by atoms with Crippen molar-refractivity contribution in [2.45, 2.75) is 64.2 Å². The molecule has 0 heterocycles. The van der Waals surface area contributed by atoms with Crippen molar-refractivity contribution in [3.8, 4) is 0 Å². The smallest absolute Gasteiger partial charge is 0.306 e. The molecule has 2 N–H and O–H groups in total.